The monoisotopic (exact) mass is 226 g/mol. The summed E-state index contributed by atoms with van der Waals surface area (Å²) < 4.78 is 1.74. The Morgan fingerprint density at radius 1 is 1.43 bits per heavy atom. The Morgan fingerprint density at radius 2 is 2.29 bits per heavy atom. The maximum Gasteiger partial charge on any atom is 0.133 e. The lowest BCUT2D eigenvalue weighted by Crippen LogP contribution is -1.84. The van der Waals surface area contributed by atoms with Crippen molar-refractivity contribution in [3.8, 4) is 0 Å². The summed E-state index contributed by atoms with van der Waals surface area (Å²) in [6, 6.07) is 1.72. The zero-order valence-electron chi connectivity index (χ0n) is 7.38. The minimum absolute atomic E-state index is 0.450. The number of hydrogen-bond acceptors (Lipinski definition) is 4. The Kier molecular flexibility index (Phi) is 2.69. The van der Waals surface area contributed by atoms with E-state index in [4.69, 9.17) is 11.6 Å². The molecule has 6 heteroatoms. The molecule has 0 atom stereocenters. The van der Waals surface area contributed by atoms with Gasteiger partial charge in [0.1, 0.15) is 16.5 Å². The lowest BCUT2D eigenvalue weighted by molar-refractivity contribution is 0.766. The average molecular weight is 227 g/mol. The molecule has 2 aromatic heterocycles. The highest BCUT2D eigenvalue weighted by Crippen LogP contribution is 2.25. The van der Waals surface area contributed by atoms with E-state index in [9.17, 15) is 0 Å². The van der Waals surface area contributed by atoms with E-state index < -0.39 is 0 Å². The molecule has 0 amide bonds. The van der Waals surface area contributed by atoms with Crippen molar-refractivity contribution in [3.05, 3.63) is 29.9 Å². The van der Waals surface area contributed by atoms with E-state index in [1.54, 1.807) is 16.9 Å². The van der Waals surface area contributed by atoms with E-state index in [0.717, 1.165) is 9.92 Å². The fourth-order valence-electron chi connectivity index (χ4n) is 0.945. The average Bonchev–Trinajstić information content (AvgIpc) is 2.51. The van der Waals surface area contributed by atoms with Crippen LogP contribution in [0.4, 0.5) is 0 Å². The van der Waals surface area contributed by atoms with Crippen molar-refractivity contribution < 1.29 is 0 Å². The van der Waals surface area contributed by atoms with Crippen molar-refractivity contribution in [2.75, 3.05) is 0 Å². The van der Waals surface area contributed by atoms with E-state index in [-0.39, 0.29) is 0 Å². The van der Waals surface area contributed by atoms with Crippen LogP contribution in [0.15, 0.2) is 34.7 Å². The number of aromatic nitrogens is 4. The SMILES string of the molecule is Cn1cc(Sc2cc(Cl)ncn2)cn1. The van der Waals surface area contributed by atoms with Gasteiger partial charge in [0, 0.05) is 19.3 Å². The second kappa shape index (κ2) is 3.98. The molecule has 0 aliphatic rings. The third-order valence-electron chi connectivity index (χ3n) is 1.51. The molecule has 72 valence electrons. The van der Waals surface area contributed by atoms with Crippen LogP contribution >= 0.6 is 23.4 Å². The topological polar surface area (TPSA) is 43.6 Å². The number of nitrogens with zero attached hydrogens (tertiary/aromatic N) is 4. The van der Waals surface area contributed by atoms with E-state index >= 15 is 0 Å². The van der Waals surface area contributed by atoms with Crippen LogP contribution in [-0.4, -0.2) is 19.7 Å². The number of rotatable bonds is 2. The molecule has 0 bridgehead atoms. The van der Waals surface area contributed by atoms with Crippen molar-refractivity contribution in [2.24, 2.45) is 7.05 Å². The van der Waals surface area contributed by atoms with Crippen LogP contribution in [0, 0.1) is 0 Å². The van der Waals surface area contributed by atoms with Crippen molar-refractivity contribution in [3.63, 3.8) is 0 Å². The summed E-state index contributed by atoms with van der Waals surface area (Å²) in [6.45, 7) is 0. The highest BCUT2D eigenvalue weighted by molar-refractivity contribution is 7.99. The molecule has 2 rings (SSSR count). The van der Waals surface area contributed by atoms with Gasteiger partial charge in [0.15, 0.2) is 0 Å². The molecule has 2 heterocycles. The lowest BCUT2D eigenvalue weighted by atomic mass is 10.7. The predicted molar refractivity (Wildman–Crippen MR) is 54.4 cm³/mol. The molecule has 0 aromatic carbocycles. The van der Waals surface area contributed by atoms with Crippen molar-refractivity contribution in [1.82, 2.24) is 19.7 Å². The molecule has 0 fully saturated rings. The Balaban J connectivity index is 2.18. The molecular weight excluding hydrogens is 220 g/mol. The lowest BCUT2D eigenvalue weighted by Gasteiger charge is -1.96. The first-order valence-corrected chi connectivity index (χ1v) is 5.07. The second-order valence-corrected chi connectivity index (χ2v) is 4.11. The fourth-order valence-corrected chi connectivity index (χ4v) is 1.97. The summed E-state index contributed by atoms with van der Waals surface area (Å²) in [7, 11) is 1.87. The van der Waals surface area contributed by atoms with E-state index in [0.29, 0.717) is 5.15 Å². The Morgan fingerprint density at radius 3 is 2.93 bits per heavy atom. The number of halogens is 1. The molecule has 14 heavy (non-hydrogen) atoms. The summed E-state index contributed by atoms with van der Waals surface area (Å²) >= 11 is 7.23. The molecule has 0 aliphatic heterocycles. The zero-order chi connectivity index (χ0) is 9.97. The molecule has 0 unspecified atom stereocenters. The van der Waals surface area contributed by atoms with E-state index in [1.165, 1.54) is 18.1 Å². The van der Waals surface area contributed by atoms with Gasteiger partial charge in [-0.2, -0.15) is 5.10 Å². The maximum absolute atomic E-state index is 5.73. The van der Waals surface area contributed by atoms with Crippen LogP contribution < -0.4 is 0 Å². The third kappa shape index (κ3) is 2.24. The summed E-state index contributed by atoms with van der Waals surface area (Å²) in [5.74, 6) is 0. The summed E-state index contributed by atoms with van der Waals surface area (Å²) in [4.78, 5) is 8.91. The van der Waals surface area contributed by atoms with Gasteiger partial charge in [0.2, 0.25) is 0 Å². The molecular formula is C8H7ClN4S. The highest BCUT2D eigenvalue weighted by atomic mass is 35.5. The van der Waals surface area contributed by atoms with Gasteiger partial charge in [0.05, 0.1) is 11.1 Å². The first kappa shape index (κ1) is 9.48. The van der Waals surface area contributed by atoms with E-state index in [1.807, 2.05) is 13.2 Å². The van der Waals surface area contributed by atoms with E-state index in [2.05, 4.69) is 15.1 Å². The minimum atomic E-state index is 0.450. The summed E-state index contributed by atoms with van der Waals surface area (Å²) in [5.41, 5.74) is 0. The maximum atomic E-state index is 5.73. The summed E-state index contributed by atoms with van der Waals surface area (Å²) in [5, 5.41) is 5.32. The quantitative estimate of drug-likeness (QED) is 0.735. The molecule has 0 N–H and O–H groups in total. The molecule has 4 nitrogen and oxygen atoms in total. The van der Waals surface area contributed by atoms with Gasteiger partial charge in [0.25, 0.3) is 0 Å². The standard InChI is InChI=1S/C8H7ClN4S/c1-13-4-6(3-12-13)14-8-2-7(9)10-5-11-8/h2-5H,1H3. The summed E-state index contributed by atoms with van der Waals surface area (Å²) in [6.07, 6.45) is 5.14. The first-order chi connectivity index (χ1) is 6.74. The van der Waals surface area contributed by atoms with Gasteiger partial charge < -0.3 is 0 Å². The molecule has 0 saturated carbocycles. The van der Waals surface area contributed by atoms with Crippen LogP contribution in [0.25, 0.3) is 0 Å². The van der Waals surface area contributed by atoms with Crippen molar-refractivity contribution in [1.29, 1.82) is 0 Å². The molecule has 2 aromatic rings. The van der Waals surface area contributed by atoms with Crippen LogP contribution in [0.2, 0.25) is 5.15 Å². The normalized spacial score (nSPS) is 10.4. The van der Waals surface area contributed by atoms with Gasteiger partial charge in [-0.1, -0.05) is 23.4 Å². The number of hydrogen-bond donors (Lipinski definition) is 0. The third-order valence-corrected chi connectivity index (χ3v) is 2.60. The Bertz CT molecular complexity index is 442. The highest BCUT2D eigenvalue weighted by Gasteiger charge is 2.01. The molecule has 0 aliphatic carbocycles. The van der Waals surface area contributed by atoms with Crippen LogP contribution in [0.3, 0.4) is 0 Å². The largest absolute Gasteiger partial charge is 0.275 e. The van der Waals surface area contributed by atoms with Crippen molar-refractivity contribution in [2.45, 2.75) is 9.92 Å². The molecule has 0 spiro atoms. The van der Waals surface area contributed by atoms with Crippen molar-refractivity contribution >= 4 is 23.4 Å². The second-order valence-electron chi connectivity index (χ2n) is 2.63. The zero-order valence-corrected chi connectivity index (χ0v) is 8.96. The predicted octanol–water partition coefficient (Wildman–Crippen LogP) is 2.01. The van der Waals surface area contributed by atoms with Crippen LogP contribution in [0.5, 0.6) is 0 Å². The van der Waals surface area contributed by atoms with Crippen LogP contribution in [-0.2, 0) is 7.05 Å². The molecule has 0 saturated heterocycles. The van der Waals surface area contributed by atoms with Gasteiger partial charge in [-0.3, -0.25) is 4.68 Å². The smallest absolute Gasteiger partial charge is 0.133 e. The van der Waals surface area contributed by atoms with Gasteiger partial charge in [-0.05, 0) is 0 Å². The Labute approximate surface area is 90.3 Å². The number of aryl methyl sites for hydroxylation is 1. The van der Waals surface area contributed by atoms with Gasteiger partial charge in [-0.25, -0.2) is 9.97 Å². The van der Waals surface area contributed by atoms with Crippen LogP contribution in [0.1, 0.15) is 0 Å². The minimum Gasteiger partial charge on any atom is -0.275 e. The Hall–Kier alpha value is -1.07. The fraction of sp³-hybridized carbons (Fsp3) is 0.125. The first-order valence-electron chi connectivity index (χ1n) is 3.88. The van der Waals surface area contributed by atoms with Gasteiger partial charge in [-0.15, -0.1) is 0 Å². The van der Waals surface area contributed by atoms with Gasteiger partial charge >= 0.3 is 0 Å². The molecule has 0 radical (unpaired) electrons.